The molecule has 3 heteroatoms. The van der Waals surface area contributed by atoms with Gasteiger partial charge in [-0.15, -0.1) is 0 Å². The first-order chi connectivity index (χ1) is 8.61. The molecule has 1 aliphatic carbocycles. The van der Waals surface area contributed by atoms with E-state index in [9.17, 15) is 4.79 Å². The van der Waals surface area contributed by atoms with E-state index >= 15 is 0 Å². The van der Waals surface area contributed by atoms with E-state index in [1.165, 1.54) is 24.8 Å². The van der Waals surface area contributed by atoms with Crippen LogP contribution in [0, 0.1) is 5.41 Å². The summed E-state index contributed by atoms with van der Waals surface area (Å²) in [4.78, 5) is 11.5. The summed E-state index contributed by atoms with van der Waals surface area (Å²) in [5, 5.41) is 2.98. The molecule has 1 aromatic rings. The van der Waals surface area contributed by atoms with Crippen LogP contribution in [0.4, 0.5) is 0 Å². The highest BCUT2D eigenvalue weighted by molar-refractivity contribution is 5.80. The lowest BCUT2D eigenvalue weighted by atomic mass is 9.65. The molecule has 0 heterocycles. The molecule has 0 bridgehead atoms. The normalized spacial score (nSPS) is 18.8. The van der Waals surface area contributed by atoms with Crippen molar-refractivity contribution < 1.29 is 4.79 Å². The molecular weight excluding hydrogens is 224 g/mol. The average Bonchev–Trinajstić information content (AvgIpc) is 2.33. The summed E-state index contributed by atoms with van der Waals surface area (Å²) in [6.07, 6.45) is 4.70. The van der Waals surface area contributed by atoms with Crippen molar-refractivity contribution in [2.45, 2.75) is 38.6 Å². The minimum absolute atomic E-state index is 0.0469. The van der Waals surface area contributed by atoms with Crippen LogP contribution in [0.3, 0.4) is 0 Å². The summed E-state index contributed by atoms with van der Waals surface area (Å²) in [6, 6.07) is 10.1. The minimum atomic E-state index is -0.418. The quantitative estimate of drug-likeness (QED) is 0.833. The fraction of sp³-hybridized carbons (Fsp3) is 0.533. The van der Waals surface area contributed by atoms with Gasteiger partial charge in [-0.05, 0) is 37.2 Å². The molecule has 3 N–H and O–H groups in total. The lowest BCUT2D eigenvalue weighted by molar-refractivity contribution is -0.122. The molecule has 18 heavy (non-hydrogen) atoms. The largest absolute Gasteiger partial charge is 0.354 e. The van der Waals surface area contributed by atoms with Gasteiger partial charge in [0.05, 0.1) is 6.04 Å². The van der Waals surface area contributed by atoms with Crippen molar-refractivity contribution in [3.63, 3.8) is 0 Å². The van der Waals surface area contributed by atoms with Crippen LogP contribution in [0.15, 0.2) is 30.3 Å². The average molecular weight is 246 g/mol. The number of benzene rings is 1. The number of nitrogens with two attached hydrogens (primary N) is 1. The van der Waals surface area contributed by atoms with Crippen LogP contribution in [-0.2, 0) is 11.2 Å². The number of rotatable bonds is 5. The SMILES string of the molecule is C[C@H](N)C(=O)NCC1(Cc2ccccc2)CCC1. The summed E-state index contributed by atoms with van der Waals surface area (Å²) >= 11 is 0. The standard InChI is InChI=1S/C15H22N2O/c1-12(16)14(18)17-11-15(8-5-9-15)10-13-6-3-2-4-7-13/h2-4,6-7,12H,5,8-11,16H2,1H3,(H,17,18)/t12-/m0/s1. The summed E-state index contributed by atoms with van der Waals surface area (Å²) < 4.78 is 0. The van der Waals surface area contributed by atoms with E-state index in [1.807, 2.05) is 6.07 Å². The first-order valence-corrected chi connectivity index (χ1v) is 6.69. The summed E-state index contributed by atoms with van der Waals surface area (Å²) in [5.41, 5.74) is 7.18. The zero-order chi connectivity index (χ0) is 13.0. The van der Waals surface area contributed by atoms with Gasteiger partial charge < -0.3 is 11.1 Å². The molecule has 1 atom stereocenters. The number of hydrogen-bond acceptors (Lipinski definition) is 2. The number of hydrogen-bond donors (Lipinski definition) is 2. The lowest BCUT2D eigenvalue weighted by Gasteiger charge is -2.42. The molecule has 0 aromatic heterocycles. The molecule has 2 rings (SSSR count). The van der Waals surface area contributed by atoms with Crippen molar-refractivity contribution in [2.24, 2.45) is 11.1 Å². The molecule has 98 valence electrons. The Balaban J connectivity index is 1.93. The van der Waals surface area contributed by atoms with Crippen molar-refractivity contribution in [2.75, 3.05) is 6.54 Å². The number of nitrogens with one attached hydrogen (secondary N) is 1. The maximum absolute atomic E-state index is 11.5. The van der Waals surface area contributed by atoms with Gasteiger partial charge in [0.25, 0.3) is 0 Å². The molecule has 0 saturated heterocycles. The van der Waals surface area contributed by atoms with Gasteiger partial charge in [-0.3, -0.25) is 4.79 Å². The fourth-order valence-electron chi connectivity index (χ4n) is 2.56. The first-order valence-electron chi connectivity index (χ1n) is 6.69. The van der Waals surface area contributed by atoms with Crippen LogP contribution in [0.1, 0.15) is 31.7 Å². The summed E-state index contributed by atoms with van der Waals surface area (Å²) in [5.74, 6) is -0.0469. The van der Waals surface area contributed by atoms with Gasteiger partial charge in [-0.1, -0.05) is 36.8 Å². The third-order valence-corrected chi connectivity index (χ3v) is 3.89. The number of carbonyl (C=O) groups excluding carboxylic acids is 1. The van der Waals surface area contributed by atoms with Crippen LogP contribution in [0.25, 0.3) is 0 Å². The van der Waals surface area contributed by atoms with E-state index in [1.54, 1.807) is 6.92 Å². The van der Waals surface area contributed by atoms with E-state index in [0.717, 1.165) is 13.0 Å². The Kier molecular flexibility index (Phi) is 4.02. The first kappa shape index (κ1) is 13.1. The van der Waals surface area contributed by atoms with Gasteiger partial charge in [0.2, 0.25) is 5.91 Å². The second kappa shape index (κ2) is 5.53. The predicted octanol–water partition coefficient (Wildman–Crippen LogP) is 1.86. The van der Waals surface area contributed by atoms with Crippen LogP contribution < -0.4 is 11.1 Å². The Hall–Kier alpha value is -1.35. The highest BCUT2D eigenvalue weighted by atomic mass is 16.2. The molecule has 0 aliphatic heterocycles. The second-order valence-corrected chi connectivity index (χ2v) is 5.52. The van der Waals surface area contributed by atoms with Crippen LogP contribution in [0.2, 0.25) is 0 Å². The Bertz CT molecular complexity index is 396. The maximum Gasteiger partial charge on any atom is 0.236 e. The number of carbonyl (C=O) groups is 1. The number of amides is 1. The predicted molar refractivity (Wildman–Crippen MR) is 73.1 cm³/mol. The Morgan fingerprint density at radius 1 is 1.39 bits per heavy atom. The highest BCUT2D eigenvalue weighted by Crippen LogP contribution is 2.43. The van der Waals surface area contributed by atoms with Gasteiger partial charge in [0.15, 0.2) is 0 Å². The highest BCUT2D eigenvalue weighted by Gasteiger charge is 2.37. The van der Waals surface area contributed by atoms with Crippen molar-refractivity contribution in [3.8, 4) is 0 Å². The van der Waals surface area contributed by atoms with E-state index in [-0.39, 0.29) is 11.3 Å². The molecule has 1 amide bonds. The van der Waals surface area contributed by atoms with Gasteiger partial charge in [0, 0.05) is 6.54 Å². The van der Waals surface area contributed by atoms with Gasteiger partial charge in [0.1, 0.15) is 0 Å². The fourth-order valence-corrected chi connectivity index (χ4v) is 2.56. The van der Waals surface area contributed by atoms with Crippen molar-refractivity contribution in [1.29, 1.82) is 0 Å². The molecular formula is C15H22N2O. The van der Waals surface area contributed by atoms with Crippen LogP contribution in [-0.4, -0.2) is 18.5 Å². The molecule has 0 radical (unpaired) electrons. The summed E-state index contributed by atoms with van der Waals surface area (Å²) in [7, 11) is 0. The van der Waals surface area contributed by atoms with Gasteiger partial charge in [-0.25, -0.2) is 0 Å². The van der Waals surface area contributed by atoms with Crippen molar-refractivity contribution in [3.05, 3.63) is 35.9 Å². The Morgan fingerprint density at radius 2 is 2.06 bits per heavy atom. The monoisotopic (exact) mass is 246 g/mol. The van der Waals surface area contributed by atoms with E-state index in [2.05, 4.69) is 29.6 Å². The molecule has 1 saturated carbocycles. The Morgan fingerprint density at radius 3 is 2.56 bits per heavy atom. The second-order valence-electron chi connectivity index (χ2n) is 5.52. The van der Waals surface area contributed by atoms with Gasteiger partial charge in [-0.2, -0.15) is 0 Å². The van der Waals surface area contributed by atoms with Crippen LogP contribution in [0.5, 0.6) is 0 Å². The van der Waals surface area contributed by atoms with Crippen molar-refractivity contribution >= 4 is 5.91 Å². The zero-order valence-corrected chi connectivity index (χ0v) is 11.0. The Labute approximate surface area is 109 Å². The van der Waals surface area contributed by atoms with E-state index in [4.69, 9.17) is 5.73 Å². The van der Waals surface area contributed by atoms with Gasteiger partial charge >= 0.3 is 0 Å². The zero-order valence-electron chi connectivity index (χ0n) is 11.0. The summed E-state index contributed by atoms with van der Waals surface area (Å²) in [6.45, 7) is 2.47. The van der Waals surface area contributed by atoms with E-state index < -0.39 is 6.04 Å². The molecule has 3 nitrogen and oxygen atoms in total. The molecule has 0 spiro atoms. The lowest BCUT2D eigenvalue weighted by Crippen LogP contribution is -2.47. The molecule has 1 aromatic carbocycles. The third-order valence-electron chi connectivity index (χ3n) is 3.89. The molecule has 1 aliphatic rings. The van der Waals surface area contributed by atoms with Crippen LogP contribution >= 0.6 is 0 Å². The minimum Gasteiger partial charge on any atom is -0.354 e. The van der Waals surface area contributed by atoms with Crippen molar-refractivity contribution in [1.82, 2.24) is 5.32 Å². The van der Waals surface area contributed by atoms with E-state index in [0.29, 0.717) is 0 Å². The molecule has 1 fully saturated rings. The third kappa shape index (κ3) is 3.10. The smallest absolute Gasteiger partial charge is 0.236 e. The molecule has 0 unspecified atom stereocenters. The topological polar surface area (TPSA) is 55.1 Å². The maximum atomic E-state index is 11.5.